The molecule has 0 aliphatic carbocycles. The minimum Gasteiger partial charge on any atom is -0.744 e. The monoisotopic (exact) mass is 662 g/mol. The van der Waals surface area contributed by atoms with Crippen molar-refractivity contribution in [2.75, 3.05) is 0 Å². The topological polar surface area (TPSA) is 57.2 Å². The molecule has 0 fully saturated rings. The van der Waals surface area contributed by atoms with Crippen LogP contribution in [0.3, 0.4) is 0 Å². The van der Waals surface area contributed by atoms with E-state index in [2.05, 4.69) is 164 Å². The highest BCUT2D eigenvalue weighted by molar-refractivity contribution is 7.97. The molecular formula is C43H34O3S2. The van der Waals surface area contributed by atoms with Gasteiger partial charge in [0.2, 0.25) is 0 Å². The van der Waals surface area contributed by atoms with E-state index >= 15 is 0 Å². The Hall–Kier alpha value is -5.20. The molecule has 7 aromatic rings. The van der Waals surface area contributed by atoms with Gasteiger partial charge in [0, 0.05) is 0 Å². The van der Waals surface area contributed by atoms with Crippen LogP contribution in [0.25, 0.3) is 33.4 Å². The molecule has 0 heterocycles. The Labute approximate surface area is 286 Å². The summed E-state index contributed by atoms with van der Waals surface area (Å²) in [7, 11) is -4.48. The fraction of sp³-hybridized carbons (Fsp3) is 0.0233. The van der Waals surface area contributed by atoms with E-state index in [9.17, 15) is 13.0 Å². The summed E-state index contributed by atoms with van der Waals surface area (Å²) < 4.78 is 31.2. The molecule has 48 heavy (non-hydrogen) atoms. The van der Waals surface area contributed by atoms with Crippen LogP contribution in [-0.4, -0.2) is 13.0 Å². The van der Waals surface area contributed by atoms with Crippen LogP contribution in [-0.2, 0) is 21.0 Å². The average molecular weight is 663 g/mol. The van der Waals surface area contributed by atoms with Crippen molar-refractivity contribution in [3.63, 3.8) is 0 Å². The Kier molecular flexibility index (Phi) is 10.3. The van der Waals surface area contributed by atoms with Gasteiger partial charge in [-0.15, -0.1) is 0 Å². The van der Waals surface area contributed by atoms with E-state index < -0.39 is 10.1 Å². The second kappa shape index (κ2) is 15.1. The Morgan fingerprint density at radius 1 is 0.375 bits per heavy atom. The standard InChI is InChI=1S/C36H27S.C7H8O3S/c1-4-10-28(11-5-1)31-16-22-34(23-17-31)37(35-24-18-32(19-25-35)29-12-6-2-7-13-29)36-26-20-33(21-27-36)30-14-8-3-9-15-30;1-6-2-4-7(5-3-6)11(8,9)10/h1-27H;2-5H,1H3,(H,8,9,10)/q+1;/p-1. The first-order valence-electron chi connectivity index (χ1n) is 15.6. The van der Waals surface area contributed by atoms with Crippen LogP contribution in [0.1, 0.15) is 5.56 Å². The van der Waals surface area contributed by atoms with Crippen molar-refractivity contribution >= 4 is 21.0 Å². The molecule has 236 valence electrons. The maximum atomic E-state index is 10.4. The predicted molar refractivity (Wildman–Crippen MR) is 197 cm³/mol. The van der Waals surface area contributed by atoms with Gasteiger partial charge in [-0.05, 0) is 125 Å². The fourth-order valence-electron chi connectivity index (χ4n) is 5.36. The molecule has 0 amide bonds. The second-order valence-corrected chi connectivity index (χ2v) is 14.7. The van der Waals surface area contributed by atoms with Crippen LogP contribution in [0.4, 0.5) is 0 Å². The van der Waals surface area contributed by atoms with Crippen molar-refractivity contribution in [2.24, 2.45) is 0 Å². The summed E-state index contributed by atoms with van der Waals surface area (Å²) in [6.07, 6.45) is 0. The van der Waals surface area contributed by atoms with Crippen molar-refractivity contribution < 1.29 is 13.0 Å². The first-order chi connectivity index (χ1) is 23.3. The van der Waals surface area contributed by atoms with E-state index in [1.165, 1.54) is 60.2 Å². The summed E-state index contributed by atoms with van der Waals surface area (Å²) in [4.78, 5) is 3.78. The molecule has 0 N–H and O–H groups in total. The van der Waals surface area contributed by atoms with Crippen LogP contribution in [0.15, 0.2) is 208 Å². The van der Waals surface area contributed by atoms with Gasteiger partial charge in [-0.1, -0.05) is 109 Å². The summed E-state index contributed by atoms with van der Waals surface area (Å²) in [5.41, 5.74) is 8.39. The summed E-state index contributed by atoms with van der Waals surface area (Å²) in [5.74, 6) is 0. The molecule has 0 aliphatic rings. The SMILES string of the molecule is Cc1ccc(S(=O)(=O)[O-])cc1.c1ccc(-c2ccc([S+](c3ccc(-c4ccccc4)cc3)c3ccc(-c4ccccc4)cc3)cc2)cc1. The van der Waals surface area contributed by atoms with E-state index in [1.807, 2.05) is 6.92 Å². The third-order valence-corrected chi connectivity index (χ3v) is 11.0. The maximum absolute atomic E-state index is 10.4. The number of benzene rings is 7. The molecule has 0 aromatic heterocycles. The van der Waals surface area contributed by atoms with Gasteiger partial charge in [0.25, 0.3) is 0 Å². The lowest BCUT2D eigenvalue weighted by molar-refractivity contribution is 0.463. The van der Waals surface area contributed by atoms with Crippen LogP contribution in [0.2, 0.25) is 0 Å². The molecule has 3 nitrogen and oxygen atoms in total. The van der Waals surface area contributed by atoms with Gasteiger partial charge in [-0.2, -0.15) is 0 Å². The van der Waals surface area contributed by atoms with Crippen molar-refractivity contribution in [3.8, 4) is 33.4 Å². The van der Waals surface area contributed by atoms with Crippen LogP contribution in [0.5, 0.6) is 0 Å². The quantitative estimate of drug-likeness (QED) is 0.126. The Morgan fingerprint density at radius 3 is 0.917 bits per heavy atom. The Balaban J connectivity index is 0.000000312. The average Bonchev–Trinajstić information content (AvgIpc) is 3.14. The van der Waals surface area contributed by atoms with Gasteiger partial charge in [-0.25, -0.2) is 8.42 Å². The molecule has 0 unspecified atom stereocenters. The zero-order valence-electron chi connectivity index (χ0n) is 26.4. The number of hydrogen-bond donors (Lipinski definition) is 0. The molecule has 5 heteroatoms. The Bertz CT molecular complexity index is 1950. The highest BCUT2D eigenvalue weighted by Gasteiger charge is 2.29. The smallest absolute Gasteiger partial charge is 0.166 e. The molecule has 7 aromatic carbocycles. The van der Waals surface area contributed by atoms with E-state index in [-0.39, 0.29) is 15.8 Å². The first kappa shape index (κ1) is 32.7. The third-order valence-electron chi connectivity index (χ3n) is 7.90. The summed E-state index contributed by atoms with van der Waals surface area (Å²) in [6.45, 7) is 1.82. The van der Waals surface area contributed by atoms with Gasteiger partial charge in [0.15, 0.2) is 14.7 Å². The van der Waals surface area contributed by atoms with Crippen molar-refractivity contribution in [1.82, 2.24) is 0 Å². The van der Waals surface area contributed by atoms with E-state index in [0.29, 0.717) is 0 Å². The van der Waals surface area contributed by atoms with E-state index in [0.717, 1.165) is 5.56 Å². The highest BCUT2D eigenvalue weighted by Crippen LogP contribution is 2.35. The minimum atomic E-state index is -4.27. The van der Waals surface area contributed by atoms with Crippen molar-refractivity contribution in [2.45, 2.75) is 26.5 Å². The zero-order valence-corrected chi connectivity index (χ0v) is 28.1. The molecule has 0 aliphatic heterocycles. The minimum absolute atomic E-state index is 0.178. The predicted octanol–water partition coefficient (Wildman–Crippen LogP) is 10.7. The molecule has 0 radical (unpaired) electrons. The molecular weight excluding hydrogens is 629 g/mol. The van der Waals surface area contributed by atoms with Gasteiger partial charge >= 0.3 is 0 Å². The fourth-order valence-corrected chi connectivity index (χ4v) is 7.87. The summed E-state index contributed by atoms with van der Waals surface area (Å²) in [6, 6.07) is 64.8. The largest absolute Gasteiger partial charge is 0.744 e. The number of aryl methyl sites for hydroxylation is 1. The van der Waals surface area contributed by atoms with Crippen LogP contribution in [0, 0.1) is 6.92 Å². The lowest BCUT2D eigenvalue weighted by Gasteiger charge is -2.11. The van der Waals surface area contributed by atoms with Crippen LogP contribution >= 0.6 is 0 Å². The molecule has 0 atom stereocenters. The van der Waals surface area contributed by atoms with Crippen molar-refractivity contribution in [3.05, 3.63) is 194 Å². The van der Waals surface area contributed by atoms with Crippen molar-refractivity contribution in [1.29, 1.82) is 0 Å². The molecule has 0 saturated carbocycles. The van der Waals surface area contributed by atoms with Gasteiger partial charge in [0.05, 0.1) is 15.8 Å². The maximum Gasteiger partial charge on any atom is 0.166 e. The third kappa shape index (κ3) is 8.20. The summed E-state index contributed by atoms with van der Waals surface area (Å²) >= 11 is 0. The second-order valence-electron chi connectivity index (χ2n) is 11.2. The van der Waals surface area contributed by atoms with Gasteiger partial charge < -0.3 is 4.55 Å². The zero-order chi connectivity index (χ0) is 33.3. The van der Waals surface area contributed by atoms with Crippen LogP contribution < -0.4 is 0 Å². The van der Waals surface area contributed by atoms with Gasteiger partial charge in [0.1, 0.15) is 10.1 Å². The number of rotatable bonds is 7. The lowest BCUT2D eigenvalue weighted by atomic mass is 10.1. The molecule has 0 spiro atoms. The first-order valence-corrected chi connectivity index (χ1v) is 18.2. The molecule has 0 saturated heterocycles. The van der Waals surface area contributed by atoms with Gasteiger partial charge in [-0.3, -0.25) is 0 Å². The normalized spacial score (nSPS) is 11.1. The Morgan fingerprint density at radius 2 is 0.646 bits per heavy atom. The number of hydrogen-bond acceptors (Lipinski definition) is 3. The summed E-state index contributed by atoms with van der Waals surface area (Å²) in [5, 5.41) is 0. The highest BCUT2D eigenvalue weighted by atomic mass is 32.2. The van der Waals surface area contributed by atoms with E-state index in [1.54, 1.807) is 12.1 Å². The van der Waals surface area contributed by atoms with E-state index in [4.69, 9.17) is 0 Å². The molecule has 0 bridgehead atoms. The molecule has 7 rings (SSSR count). The lowest BCUT2D eigenvalue weighted by Crippen LogP contribution is -2.05.